The summed E-state index contributed by atoms with van der Waals surface area (Å²) in [4.78, 5) is 27.2. The predicted octanol–water partition coefficient (Wildman–Crippen LogP) is 6.34. The molecular formula is C30H45NO6Si. The second-order valence-electron chi connectivity index (χ2n) is 11.3. The molecule has 0 heterocycles. The summed E-state index contributed by atoms with van der Waals surface area (Å²) in [6.07, 6.45) is 1.53. The normalized spacial score (nSPS) is 12.6. The zero-order chi connectivity index (χ0) is 28.5. The minimum Gasteiger partial charge on any atom is -0.496 e. The van der Waals surface area contributed by atoms with E-state index < -0.39 is 14.3 Å². The maximum Gasteiger partial charge on any atom is 0.303 e. The zero-order valence-corrected chi connectivity index (χ0v) is 25.3. The van der Waals surface area contributed by atoms with Crippen LogP contribution in [0.2, 0.25) is 18.1 Å². The third-order valence-electron chi connectivity index (χ3n) is 7.39. The number of hydrogen-bond donors (Lipinski definition) is 1. The van der Waals surface area contributed by atoms with E-state index in [1.165, 1.54) is 5.56 Å². The highest BCUT2D eigenvalue weighted by molar-refractivity contribution is 6.74. The quantitative estimate of drug-likeness (QED) is 0.280. The molecule has 0 radical (unpaired) electrons. The monoisotopic (exact) mass is 543 g/mol. The van der Waals surface area contributed by atoms with E-state index >= 15 is 0 Å². The number of amides is 1. The van der Waals surface area contributed by atoms with Gasteiger partial charge in [0.05, 0.1) is 20.3 Å². The van der Waals surface area contributed by atoms with Crippen LogP contribution in [0.4, 0.5) is 0 Å². The van der Waals surface area contributed by atoms with Gasteiger partial charge in [0.25, 0.3) is 5.91 Å². The SMILES string of the molecule is COc1cc(C(=O)N(CCCc2ccccc2)C[C@@H](CCC(=O)O)O[Si](C)(C)C(C)(C)C)cc(OC)c1C. The molecule has 2 aromatic carbocycles. The number of methoxy groups -OCH3 is 2. The summed E-state index contributed by atoms with van der Waals surface area (Å²) in [7, 11) is 0.932. The molecule has 1 atom stereocenters. The lowest BCUT2D eigenvalue weighted by Gasteiger charge is -2.40. The highest BCUT2D eigenvalue weighted by Gasteiger charge is 2.39. The molecule has 1 amide bonds. The molecule has 0 unspecified atom stereocenters. The Hall–Kier alpha value is -2.84. The minimum atomic E-state index is -2.21. The fourth-order valence-corrected chi connectivity index (χ4v) is 5.48. The average Bonchev–Trinajstić information content (AvgIpc) is 2.86. The van der Waals surface area contributed by atoms with E-state index in [2.05, 4.69) is 46.0 Å². The molecule has 2 rings (SSSR count). The van der Waals surface area contributed by atoms with Crippen LogP contribution < -0.4 is 9.47 Å². The van der Waals surface area contributed by atoms with Gasteiger partial charge in [0.1, 0.15) is 11.5 Å². The number of carbonyl (C=O) groups excluding carboxylic acids is 1. The molecule has 2 aromatic rings. The van der Waals surface area contributed by atoms with Gasteiger partial charge in [-0.3, -0.25) is 9.59 Å². The van der Waals surface area contributed by atoms with Gasteiger partial charge in [-0.05, 0) is 62.0 Å². The van der Waals surface area contributed by atoms with Crippen molar-refractivity contribution in [1.82, 2.24) is 4.90 Å². The third-order valence-corrected chi connectivity index (χ3v) is 11.9. The van der Waals surface area contributed by atoms with Crippen LogP contribution in [0, 0.1) is 6.92 Å². The molecular weight excluding hydrogens is 498 g/mol. The van der Waals surface area contributed by atoms with E-state index in [-0.39, 0.29) is 23.5 Å². The van der Waals surface area contributed by atoms with E-state index in [9.17, 15) is 14.7 Å². The summed E-state index contributed by atoms with van der Waals surface area (Å²) >= 11 is 0. The molecule has 0 spiro atoms. The van der Waals surface area contributed by atoms with Gasteiger partial charge >= 0.3 is 5.97 Å². The van der Waals surface area contributed by atoms with Crippen molar-refractivity contribution in [3.8, 4) is 11.5 Å². The summed E-state index contributed by atoms with van der Waals surface area (Å²) in [6.45, 7) is 13.5. The summed E-state index contributed by atoms with van der Waals surface area (Å²) in [6, 6.07) is 13.7. The Bertz CT molecular complexity index is 1040. The Morgan fingerprint density at radius 1 is 1.03 bits per heavy atom. The van der Waals surface area contributed by atoms with E-state index in [1.807, 2.05) is 25.1 Å². The highest BCUT2D eigenvalue weighted by Crippen LogP contribution is 2.38. The number of rotatable bonds is 14. The fraction of sp³-hybridized carbons (Fsp3) is 0.533. The van der Waals surface area contributed by atoms with E-state index in [0.29, 0.717) is 36.6 Å². The molecule has 0 saturated heterocycles. The van der Waals surface area contributed by atoms with Gasteiger partial charge < -0.3 is 23.9 Å². The van der Waals surface area contributed by atoms with Crippen molar-refractivity contribution in [2.24, 2.45) is 0 Å². The first-order valence-corrected chi connectivity index (χ1v) is 16.1. The van der Waals surface area contributed by atoms with Crippen molar-refractivity contribution in [2.75, 3.05) is 27.3 Å². The Kier molecular flexibility index (Phi) is 11.4. The summed E-state index contributed by atoms with van der Waals surface area (Å²) in [5.74, 6) is 0.131. The lowest BCUT2D eigenvalue weighted by molar-refractivity contribution is -0.137. The molecule has 8 heteroatoms. The van der Waals surface area contributed by atoms with E-state index in [1.54, 1.807) is 31.3 Å². The molecule has 210 valence electrons. The summed E-state index contributed by atoms with van der Waals surface area (Å²) in [5, 5.41) is 9.35. The lowest BCUT2D eigenvalue weighted by atomic mass is 10.1. The second-order valence-corrected chi connectivity index (χ2v) is 16.0. The number of carbonyl (C=O) groups is 2. The van der Waals surface area contributed by atoms with E-state index in [4.69, 9.17) is 13.9 Å². The Morgan fingerprint density at radius 2 is 1.61 bits per heavy atom. The van der Waals surface area contributed by atoms with Crippen molar-refractivity contribution in [3.63, 3.8) is 0 Å². The van der Waals surface area contributed by atoms with E-state index in [0.717, 1.165) is 18.4 Å². The zero-order valence-electron chi connectivity index (χ0n) is 24.3. The molecule has 0 bridgehead atoms. The van der Waals surface area contributed by atoms with Crippen molar-refractivity contribution in [2.45, 2.75) is 77.6 Å². The maximum atomic E-state index is 13.9. The van der Waals surface area contributed by atoms with Crippen LogP contribution in [0.25, 0.3) is 0 Å². The van der Waals surface area contributed by atoms with Crippen LogP contribution in [0.15, 0.2) is 42.5 Å². The first-order valence-electron chi connectivity index (χ1n) is 13.2. The number of benzene rings is 2. The largest absolute Gasteiger partial charge is 0.496 e. The predicted molar refractivity (Wildman–Crippen MR) is 154 cm³/mol. The van der Waals surface area contributed by atoms with Crippen molar-refractivity contribution in [1.29, 1.82) is 0 Å². The summed E-state index contributed by atoms with van der Waals surface area (Å²) in [5.41, 5.74) is 2.50. The average molecular weight is 544 g/mol. The Morgan fingerprint density at radius 3 is 2.11 bits per heavy atom. The Labute approximate surface area is 229 Å². The minimum absolute atomic E-state index is 0.0164. The van der Waals surface area contributed by atoms with Crippen LogP contribution in [-0.2, 0) is 15.6 Å². The van der Waals surface area contributed by atoms with Crippen molar-refractivity contribution >= 4 is 20.2 Å². The molecule has 0 aliphatic carbocycles. The van der Waals surface area contributed by atoms with Gasteiger partial charge in [-0.15, -0.1) is 0 Å². The number of aryl methyl sites for hydroxylation is 1. The van der Waals surface area contributed by atoms with Gasteiger partial charge in [0.15, 0.2) is 8.32 Å². The van der Waals surface area contributed by atoms with Gasteiger partial charge in [-0.2, -0.15) is 0 Å². The molecule has 0 aromatic heterocycles. The maximum absolute atomic E-state index is 13.9. The fourth-order valence-electron chi connectivity index (χ4n) is 4.10. The second kappa shape index (κ2) is 13.8. The first-order chi connectivity index (χ1) is 17.8. The lowest BCUT2D eigenvalue weighted by Crippen LogP contribution is -2.48. The Balaban J connectivity index is 2.38. The number of carboxylic acids is 1. The van der Waals surface area contributed by atoms with Crippen molar-refractivity contribution < 1.29 is 28.6 Å². The first kappa shape index (κ1) is 31.4. The standard InChI is InChI=1S/C30H45NO6Si/c1-22-26(35-5)19-24(20-27(22)36-6)29(34)31(18-12-15-23-13-10-9-11-14-23)21-25(16-17-28(32)33)37-38(7,8)30(2,3)4/h9-11,13-14,19-20,25H,12,15-18,21H2,1-8H3,(H,32,33)/t25-/m1/s1. The molecule has 0 aliphatic rings. The number of hydrogen-bond acceptors (Lipinski definition) is 5. The van der Waals surface area contributed by atoms with Gasteiger partial charge in [-0.25, -0.2) is 0 Å². The molecule has 7 nitrogen and oxygen atoms in total. The van der Waals surface area contributed by atoms with Crippen LogP contribution in [0.1, 0.15) is 61.5 Å². The number of nitrogens with zero attached hydrogens (tertiary/aromatic N) is 1. The number of carboxylic acid groups (broad SMARTS) is 1. The van der Waals surface area contributed by atoms with Gasteiger partial charge in [-0.1, -0.05) is 51.1 Å². The van der Waals surface area contributed by atoms with Crippen LogP contribution in [-0.4, -0.2) is 63.6 Å². The van der Waals surface area contributed by atoms with Gasteiger partial charge in [0.2, 0.25) is 0 Å². The molecule has 0 fully saturated rings. The smallest absolute Gasteiger partial charge is 0.303 e. The molecule has 0 aliphatic heterocycles. The molecule has 1 N–H and O–H groups in total. The number of ether oxygens (including phenoxy) is 2. The topological polar surface area (TPSA) is 85.3 Å². The number of aliphatic carboxylic acids is 1. The van der Waals surface area contributed by atoms with Crippen molar-refractivity contribution in [3.05, 3.63) is 59.2 Å². The third kappa shape index (κ3) is 8.87. The summed E-state index contributed by atoms with van der Waals surface area (Å²) < 4.78 is 17.7. The van der Waals surface area contributed by atoms with Crippen LogP contribution >= 0.6 is 0 Å². The van der Waals surface area contributed by atoms with Crippen LogP contribution in [0.5, 0.6) is 11.5 Å². The van der Waals surface area contributed by atoms with Crippen LogP contribution in [0.3, 0.4) is 0 Å². The highest BCUT2D eigenvalue weighted by atomic mass is 28.4. The molecule has 38 heavy (non-hydrogen) atoms. The van der Waals surface area contributed by atoms with Gasteiger partial charge in [0, 0.05) is 30.6 Å². The molecule has 0 saturated carbocycles.